The highest BCUT2D eigenvalue weighted by molar-refractivity contribution is 5.97. The Kier molecular flexibility index (Phi) is 2.83. The Bertz CT molecular complexity index is 450. The summed E-state index contributed by atoms with van der Waals surface area (Å²) in [5.41, 5.74) is 1.04. The molecule has 3 aliphatic rings. The van der Waals surface area contributed by atoms with Gasteiger partial charge in [-0.1, -0.05) is 13.8 Å². The fraction of sp³-hybridized carbons (Fsp3) is 0.812. The van der Waals surface area contributed by atoms with Crippen molar-refractivity contribution in [3.8, 4) is 0 Å². The van der Waals surface area contributed by atoms with Crippen molar-refractivity contribution in [2.45, 2.75) is 58.1 Å². The average molecular weight is 264 g/mol. The van der Waals surface area contributed by atoms with Gasteiger partial charge >= 0.3 is 0 Å². The van der Waals surface area contributed by atoms with Crippen LogP contribution in [0.25, 0.3) is 0 Å². The highest BCUT2D eigenvalue weighted by Gasteiger charge is 2.52. The van der Waals surface area contributed by atoms with Crippen molar-refractivity contribution in [3.63, 3.8) is 0 Å². The molecule has 1 N–H and O–H groups in total. The van der Waals surface area contributed by atoms with Crippen molar-refractivity contribution in [2.24, 2.45) is 11.3 Å². The van der Waals surface area contributed by atoms with E-state index in [1.165, 1.54) is 17.7 Å². The van der Waals surface area contributed by atoms with E-state index < -0.39 is 0 Å². The number of ketones is 1. The van der Waals surface area contributed by atoms with Crippen molar-refractivity contribution in [1.82, 2.24) is 0 Å². The molecule has 0 amide bonds. The van der Waals surface area contributed by atoms with Crippen LogP contribution in [0, 0.1) is 11.3 Å². The van der Waals surface area contributed by atoms with Crippen LogP contribution >= 0.6 is 0 Å². The molecule has 2 bridgehead atoms. The third-order valence-electron chi connectivity index (χ3n) is 5.23. The van der Waals surface area contributed by atoms with E-state index in [9.17, 15) is 4.79 Å². The molecule has 0 unspecified atom stereocenters. The summed E-state index contributed by atoms with van der Waals surface area (Å²) in [6.07, 6.45) is 6.12. The number of ether oxygens (including phenoxy) is 1. The Balaban J connectivity index is 2.02. The lowest BCUT2D eigenvalue weighted by atomic mass is 9.67. The fourth-order valence-corrected chi connectivity index (χ4v) is 4.19. The van der Waals surface area contributed by atoms with Crippen molar-refractivity contribution >= 4 is 5.78 Å². The maximum absolute atomic E-state index is 12.5. The van der Waals surface area contributed by atoms with E-state index in [4.69, 9.17) is 4.74 Å². The molecule has 106 valence electrons. The predicted octanol–water partition coefficient (Wildman–Crippen LogP) is 1.69. The van der Waals surface area contributed by atoms with Gasteiger partial charge < -0.3 is 9.64 Å². The van der Waals surface area contributed by atoms with E-state index in [2.05, 4.69) is 27.9 Å². The van der Waals surface area contributed by atoms with E-state index in [0.717, 1.165) is 30.6 Å². The van der Waals surface area contributed by atoms with Gasteiger partial charge in [-0.25, -0.2) is 0 Å². The molecule has 0 aromatic carbocycles. The molecular weight excluding hydrogens is 238 g/mol. The summed E-state index contributed by atoms with van der Waals surface area (Å²) >= 11 is 0. The normalized spacial score (nSPS) is 37.1. The summed E-state index contributed by atoms with van der Waals surface area (Å²) in [4.78, 5) is 13.8. The van der Waals surface area contributed by atoms with Gasteiger partial charge in [-0.2, -0.15) is 0 Å². The molecule has 0 aromatic rings. The van der Waals surface area contributed by atoms with Gasteiger partial charge in [0, 0.05) is 37.2 Å². The molecule has 0 saturated heterocycles. The number of rotatable bonds is 1. The summed E-state index contributed by atoms with van der Waals surface area (Å²) in [5.74, 6) is 1.83. The summed E-state index contributed by atoms with van der Waals surface area (Å²) in [6, 6.07) is 0. The monoisotopic (exact) mass is 264 g/mol. The SMILES string of the molecule is C[NH+](C)[C@]12CCC[C@H](C1)C1=C(CC(C)(C)CC1=O)O2. The second-order valence-corrected chi connectivity index (χ2v) is 7.67. The Morgan fingerprint density at radius 3 is 2.68 bits per heavy atom. The minimum atomic E-state index is -0.0740. The molecule has 0 spiro atoms. The molecule has 0 aromatic heterocycles. The summed E-state index contributed by atoms with van der Waals surface area (Å²) < 4.78 is 6.44. The number of Topliss-reactive ketones (excluding diaryl/α,β-unsaturated/α-hetero) is 1. The molecule has 3 rings (SSSR count). The minimum absolute atomic E-state index is 0.0599. The van der Waals surface area contributed by atoms with E-state index >= 15 is 0 Å². The van der Waals surface area contributed by atoms with Crippen LogP contribution in [0.4, 0.5) is 0 Å². The van der Waals surface area contributed by atoms with Gasteiger partial charge in [-0.05, 0) is 18.3 Å². The molecule has 19 heavy (non-hydrogen) atoms. The van der Waals surface area contributed by atoms with Crippen LogP contribution in [-0.4, -0.2) is 25.6 Å². The molecule has 3 nitrogen and oxygen atoms in total. The second kappa shape index (κ2) is 4.08. The average Bonchev–Trinajstić information content (AvgIpc) is 2.25. The maximum Gasteiger partial charge on any atom is 0.241 e. The summed E-state index contributed by atoms with van der Waals surface area (Å²) in [6.45, 7) is 4.36. The molecule has 1 aliphatic heterocycles. The van der Waals surface area contributed by atoms with E-state index in [-0.39, 0.29) is 11.1 Å². The van der Waals surface area contributed by atoms with E-state index in [1.54, 1.807) is 0 Å². The van der Waals surface area contributed by atoms with Crippen molar-refractivity contribution in [1.29, 1.82) is 0 Å². The number of allylic oxidation sites excluding steroid dienone is 2. The van der Waals surface area contributed by atoms with Crippen LogP contribution in [0.15, 0.2) is 11.3 Å². The lowest BCUT2D eigenvalue weighted by Gasteiger charge is -2.49. The van der Waals surface area contributed by atoms with Gasteiger partial charge in [-0.15, -0.1) is 0 Å². The number of carbonyl (C=O) groups excluding carboxylic acids is 1. The first-order valence-corrected chi connectivity index (χ1v) is 7.59. The first-order valence-electron chi connectivity index (χ1n) is 7.59. The van der Waals surface area contributed by atoms with Crippen LogP contribution in [-0.2, 0) is 9.53 Å². The zero-order valence-corrected chi connectivity index (χ0v) is 12.6. The number of fused-ring (bicyclic) bond motifs is 3. The predicted molar refractivity (Wildman–Crippen MR) is 73.6 cm³/mol. The largest absolute Gasteiger partial charge is 0.444 e. The highest BCUT2D eigenvalue weighted by Crippen LogP contribution is 2.49. The molecule has 1 saturated carbocycles. The van der Waals surface area contributed by atoms with Gasteiger partial charge in [0.2, 0.25) is 5.72 Å². The molecule has 3 heteroatoms. The van der Waals surface area contributed by atoms with E-state index in [0.29, 0.717) is 18.1 Å². The maximum atomic E-state index is 12.5. The number of hydrogen-bond acceptors (Lipinski definition) is 2. The highest BCUT2D eigenvalue weighted by atomic mass is 16.5. The number of quaternary nitrogens is 1. The lowest BCUT2D eigenvalue weighted by Crippen LogP contribution is -3.16. The third-order valence-corrected chi connectivity index (χ3v) is 5.23. The number of hydrogen-bond donors (Lipinski definition) is 1. The van der Waals surface area contributed by atoms with Gasteiger partial charge in [0.1, 0.15) is 5.76 Å². The Hall–Kier alpha value is -0.830. The standard InChI is InChI=1S/C16H25NO2/c1-15(2)9-12(18)14-11-6-5-7-16(8-11,17(3)4)19-13(14)10-15/h11H,5-10H2,1-4H3/p+1/t11-,16+/m1/s1. The van der Waals surface area contributed by atoms with Crippen LogP contribution in [0.2, 0.25) is 0 Å². The molecule has 2 atom stereocenters. The van der Waals surface area contributed by atoms with Crippen molar-refractivity contribution < 1.29 is 14.4 Å². The summed E-state index contributed by atoms with van der Waals surface area (Å²) in [5, 5.41) is 0. The van der Waals surface area contributed by atoms with Crippen LogP contribution in [0.3, 0.4) is 0 Å². The second-order valence-electron chi connectivity index (χ2n) is 7.67. The van der Waals surface area contributed by atoms with Crippen LogP contribution in [0.5, 0.6) is 0 Å². The third kappa shape index (κ3) is 2.03. The molecular formula is C16H26NO2+. The molecule has 1 fully saturated rings. The smallest absolute Gasteiger partial charge is 0.241 e. The Labute approximate surface area is 116 Å². The molecule has 0 radical (unpaired) electrons. The Morgan fingerprint density at radius 1 is 1.26 bits per heavy atom. The van der Waals surface area contributed by atoms with Crippen molar-refractivity contribution in [3.05, 3.63) is 11.3 Å². The first-order chi connectivity index (χ1) is 8.83. The Morgan fingerprint density at radius 2 is 2.00 bits per heavy atom. The van der Waals surface area contributed by atoms with E-state index in [1.807, 2.05) is 0 Å². The molecule has 1 heterocycles. The minimum Gasteiger partial charge on any atom is -0.444 e. The topological polar surface area (TPSA) is 30.7 Å². The van der Waals surface area contributed by atoms with Crippen molar-refractivity contribution in [2.75, 3.05) is 14.1 Å². The van der Waals surface area contributed by atoms with Gasteiger partial charge in [-0.3, -0.25) is 4.79 Å². The fourth-order valence-electron chi connectivity index (χ4n) is 4.19. The van der Waals surface area contributed by atoms with Gasteiger partial charge in [0.15, 0.2) is 5.78 Å². The number of carbonyl (C=O) groups is 1. The lowest BCUT2D eigenvalue weighted by molar-refractivity contribution is -0.946. The first kappa shape index (κ1) is 13.2. The zero-order valence-electron chi connectivity index (χ0n) is 12.6. The quantitative estimate of drug-likeness (QED) is 0.781. The summed E-state index contributed by atoms with van der Waals surface area (Å²) in [7, 11) is 4.37. The van der Waals surface area contributed by atoms with Gasteiger partial charge in [0.05, 0.1) is 14.1 Å². The van der Waals surface area contributed by atoms with Crippen LogP contribution < -0.4 is 4.90 Å². The number of nitrogens with one attached hydrogen (secondary N) is 1. The molecule has 2 aliphatic carbocycles. The zero-order chi connectivity index (χ0) is 13.8. The van der Waals surface area contributed by atoms with Gasteiger partial charge in [0.25, 0.3) is 0 Å². The van der Waals surface area contributed by atoms with Crippen LogP contribution in [0.1, 0.15) is 52.4 Å².